The SMILES string of the molecule is CC(C)CNCC1(Cc2cnn(C)c2)CC1. The van der Waals surface area contributed by atoms with Gasteiger partial charge in [-0.05, 0) is 42.7 Å². The second kappa shape index (κ2) is 4.58. The van der Waals surface area contributed by atoms with E-state index in [-0.39, 0.29) is 0 Å². The standard InChI is InChI=1S/C13H23N3/c1-11(2)7-14-10-13(4-5-13)6-12-8-15-16(3)9-12/h8-9,11,14H,4-7,10H2,1-3H3. The fraction of sp³-hybridized carbons (Fsp3) is 0.769. The molecule has 0 amide bonds. The molecule has 1 fully saturated rings. The zero-order valence-corrected chi connectivity index (χ0v) is 10.7. The third kappa shape index (κ3) is 3.08. The van der Waals surface area contributed by atoms with Gasteiger partial charge in [0.1, 0.15) is 0 Å². The van der Waals surface area contributed by atoms with Crippen molar-refractivity contribution in [2.75, 3.05) is 13.1 Å². The van der Waals surface area contributed by atoms with Gasteiger partial charge in [0.05, 0.1) is 6.20 Å². The van der Waals surface area contributed by atoms with E-state index in [1.54, 1.807) is 0 Å². The van der Waals surface area contributed by atoms with Crippen LogP contribution >= 0.6 is 0 Å². The molecule has 0 bridgehead atoms. The van der Waals surface area contributed by atoms with Crippen molar-refractivity contribution in [2.24, 2.45) is 18.4 Å². The lowest BCUT2D eigenvalue weighted by Gasteiger charge is -2.16. The number of hydrogen-bond acceptors (Lipinski definition) is 2. The Morgan fingerprint density at radius 3 is 2.75 bits per heavy atom. The van der Waals surface area contributed by atoms with Crippen molar-refractivity contribution in [3.8, 4) is 0 Å². The van der Waals surface area contributed by atoms with Crippen LogP contribution in [0.1, 0.15) is 32.3 Å². The molecular formula is C13H23N3. The van der Waals surface area contributed by atoms with E-state index in [1.807, 2.05) is 17.9 Å². The summed E-state index contributed by atoms with van der Waals surface area (Å²) in [6, 6.07) is 0. The molecule has 0 unspecified atom stereocenters. The molecule has 90 valence electrons. The molecule has 0 aliphatic heterocycles. The predicted molar refractivity (Wildman–Crippen MR) is 66.3 cm³/mol. The van der Waals surface area contributed by atoms with Gasteiger partial charge >= 0.3 is 0 Å². The lowest BCUT2D eigenvalue weighted by Crippen LogP contribution is -2.28. The summed E-state index contributed by atoms with van der Waals surface area (Å²) < 4.78 is 1.90. The summed E-state index contributed by atoms with van der Waals surface area (Å²) in [5.41, 5.74) is 1.92. The van der Waals surface area contributed by atoms with Gasteiger partial charge in [-0.25, -0.2) is 0 Å². The second-order valence-electron chi connectivity index (χ2n) is 5.72. The van der Waals surface area contributed by atoms with Gasteiger partial charge in [-0.2, -0.15) is 5.10 Å². The first kappa shape index (κ1) is 11.6. The molecule has 1 aromatic heterocycles. The van der Waals surface area contributed by atoms with Crippen molar-refractivity contribution >= 4 is 0 Å². The predicted octanol–water partition coefficient (Wildman–Crippen LogP) is 1.99. The van der Waals surface area contributed by atoms with Crippen molar-refractivity contribution < 1.29 is 0 Å². The number of nitrogens with one attached hydrogen (secondary N) is 1. The molecule has 0 saturated heterocycles. The molecule has 3 heteroatoms. The molecule has 16 heavy (non-hydrogen) atoms. The summed E-state index contributed by atoms with van der Waals surface area (Å²) in [5.74, 6) is 0.745. The van der Waals surface area contributed by atoms with Gasteiger partial charge < -0.3 is 5.32 Å². The van der Waals surface area contributed by atoms with Crippen LogP contribution in [0.25, 0.3) is 0 Å². The third-order valence-electron chi connectivity index (χ3n) is 3.35. The Balaban J connectivity index is 1.80. The molecule has 1 aliphatic rings. The van der Waals surface area contributed by atoms with E-state index in [4.69, 9.17) is 0 Å². The summed E-state index contributed by atoms with van der Waals surface area (Å²) in [4.78, 5) is 0. The molecular weight excluding hydrogens is 198 g/mol. The summed E-state index contributed by atoms with van der Waals surface area (Å²) in [6.45, 7) is 6.82. The van der Waals surface area contributed by atoms with Crippen LogP contribution in [0.3, 0.4) is 0 Å². The molecule has 0 aromatic carbocycles. The van der Waals surface area contributed by atoms with E-state index in [9.17, 15) is 0 Å². The molecule has 2 rings (SSSR count). The lowest BCUT2D eigenvalue weighted by molar-refractivity contribution is 0.432. The topological polar surface area (TPSA) is 29.9 Å². The molecule has 1 aliphatic carbocycles. The van der Waals surface area contributed by atoms with Gasteiger partial charge in [-0.1, -0.05) is 13.8 Å². The molecule has 0 atom stereocenters. The zero-order valence-electron chi connectivity index (χ0n) is 10.7. The van der Waals surface area contributed by atoms with Crippen LogP contribution in [0.15, 0.2) is 12.4 Å². The number of nitrogens with zero attached hydrogens (tertiary/aromatic N) is 2. The first-order valence-electron chi connectivity index (χ1n) is 6.28. The van der Waals surface area contributed by atoms with Crippen LogP contribution < -0.4 is 5.32 Å². The largest absolute Gasteiger partial charge is 0.316 e. The van der Waals surface area contributed by atoms with E-state index in [0.717, 1.165) is 12.5 Å². The van der Waals surface area contributed by atoms with Crippen LogP contribution in [0.5, 0.6) is 0 Å². The van der Waals surface area contributed by atoms with Gasteiger partial charge in [0.15, 0.2) is 0 Å². The Morgan fingerprint density at radius 2 is 2.25 bits per heavy atom. The van der Waals surface area contributed by atoms with Crippen LogP contribution in [0, 0.1) is 11.3 Å². The van der Waals surface area contributed by atoms with Crippen molar-refractivity contribution in [1.29, 1.82) is 0 Å². The summed E-state index contributed by atoms with van der Waals surface area (Å²) in [6.07, 6.45) is 8.07. The smallest absolute Gasteiger partial charge is 0.0521 e. The Hall–Kier alpha value is -0.830. The number of rotatable bonds is 6. The van der Waals surface area contributed by atoms with E-state index in [0.29, 0.717) is 5.41 Å². The number of aromatic nitrogens is 2. The Morgan fingerprint density at radius 1 is 1.50 bits per heavy atom. The highest BCUT2D eigenvalue weighted by molar-refractivity contribution is 5.12. The maximum absolute atomic E-state index is 4.23. The maximum Gasteiger partial charge on any atom is 0.0521 e. The maximum atomic E-state index is 4.23. The average molecular weight is 221 g/mol. The minimum atomic E-state index is 0.540. The van der Waals surface area contributed by atoms with Crippen LogP contribution in [0.2, 0.25) is 0 Å². The fourth-order valence-electron chi connectivity index (χ4n) is 2.22. The van der Waals surface area contributed by atoms with Crippen molar-refractivity contribution in [2.45, 2.75) is 33.1 Å². The molecule has 1 aromatic rings. The summed E-state index contributed by atoms with van der Waals surface area (Å²) in [7, 11) is 1.99. The van der Waals surface area contributed by atoms with Crippen LogP contribution in [-0.4, -0.2) is 22.9 Å². The van der Waals surface area contributed by atoms with Crippen molar-refractivity contribution in [1.82, 2.24) is 15.1 Å². The Labute approximate surface area is 98.2 Å². The molecule has 0 spiro atoms. The zero-order chi connectivity index (χ0) is 11.6. The van der Waals surface area contributed by atoms with Gasteiger partial charge in [-0.15, -0.1) is 0 Å². The summed E-state index contributed by atoms with van der Waals surface area (Å²) >= 11 is 0. The van der Waals surface area contributed by atoms with Gasteiger partial charge in [-0.3, -0.25) is 4.68 Å². The molecule has 3 nitrogen and oxygen atoms in total. The minimum Gasteiger partial charge on any atom is -0.316 e. The number of hydrogen-bond donors (Lipinski definition) is 1. The highest BCUT2D eigenvalue weighted by Crippen LogP contribution is 2.47. The third-order valence-corrected chi connectivity index (χ3v) is 3.35. The van der Waals surface area contributed by atoms with E-state index in [2.05, 4.69) is 30.5 Å². The molecule has 1 heterocycles. The lowest BCUT2D eigenvalue weighted by atomic mass is 9.98. The normalized spacial score (nSPS) is 18.0. The van der Waals surface area contributed by atoms with Crippen molar-refractivity contribution in [3.63, 3.8) is 0 Å². The van der Waals surface area contributed by atoms with Gasteiger partial charge in [0.2, 0.25) is 0 Å². The number of aryl methyl sites for hydroxylation is 1. The van der Waals surface area contributed by atoms with Crippen molar-refractivity contribution in [3.05, 3.63) is 18.0 Å². The monoisotopic (exact) mass is 221 g/mol. The van der Waals surface area contributed by atoms with Crippen LogP contribution in [-0.2, 0) is 13.5 Å². The summed E-state index contributed by atoms with van der Waals surface area (Å²) in [5, 5.41) is 7.82. The highest BCUT2D eigenvalue weighted by Gasteiger charge is 2.42. The molecule has 1 saturated carbocycles. The fourth-order valence-corrected chi connectivity index (χ4v) is 2.22. The van der Waals surface area contributed by atoms with E-state index < -0.39 is 0 Å². The quantitative estimate of drug-likeness (QED) is 0.796. The van der Waals surface area contributed by atoms with E-state index in [1.165, 1.54) is 31.4 Å². The molecule has 1 N–H and O–H groups in total. The first-order chi connectivity index (χ1) is 7.60. The van der Waals surface area contributed by atoms with Crippen LogP contribution in [0.4, 0.5) is 0 Å². The minimum absolute atomic E-state index is 0.540. The van der Waals surface area contributed by atoms with Gasteiger partial charge in [0.25, 0.3) is 0 Å². The highest BCUT2D eigenvalue weighted by atomic mass is 15.2. The Kier molecular flexibility index (Phi) is 3.33. The average Bonchev–Trinajstić information content (AvgIpc) is 2.82. The Bertz CT molecular complexity index is 337. The second-order valence-corrected chi connectivity index (χ2v) is 5.72. The van der Waals surface area contributed by atoms with Gasteiger partial charge in [0, 0.05) is 19.8 Å². The molecule has 0 radical (unpaired) electrons. The first-order valence-corrected chi connectivity index (χ1v) is 6.28. The van der Waals surface area contributed by atoms with E-state index >= 15 is 0 Å².